The van der Waals surface area contributed by atoms with Crippen molar-refractivity contribution in [2.75, 3.05) is 5.75 Å². The topological polar surface area (TPSA) is 20.2 Å². The number of rotatable bonds is 3. The smallest absolute Gasteiger partial charge is 0.0657 e. The zero-order chi connectivity index (χ0) is 13.2. The van der Waals surface area contributed by atoms with Crippen molar-refractivity contribution in [1.29, 1.82) is 0 Å². The van der Waals surface area contributed by atoms with E-state index in [1.807, 2.05) is 11.8 Å². The van der Waals surface area contributed by atoms with E-state index in [1.165, 1.54) is 21.6 Å². The van der Waals surface area contributed by atoms with Crippen LogP contribution in [0.15, 0.2) is 53.4 Å². The van der Waals surface area contributed by atoms with Crippen LogP contribution in [0.1, 0.15) is 22.6 Å². The summed E-state index contributed by atoms with van der Waals surface area (Å²) in [5.74, 6) is 1.26. The standard InChI is InChI=1S/C17H18OS/c1-12-5-4-6-13(9-12)10-16(18)15-11-19-17-8-3-2-7-14(15)17/h2-9,15-16,18H,10-11H2,1H3. The highest BCUT2D eigenvalue weighted by Crippen LogP contribution is 2.41. The number of hydrogen-bond donors (Lipinski definition) is 1. The van der Waals surface area contributed by atoms with Crippen LogP contribution in [-0.2, 0) is 6.42 Å². The molecule has 1 nitrogen and oxygen atoms in total. The van der Waals surface area contributed by atoms with E-state index in [1.54, 1.807) is 0 Å². The first-order valence-electron chi connectivity index (χ1n) is 6.69. The van der Waals surface area contributed by atoms with Gasteiger partial charge in [-0.3, -0.25) is 0 Å². The number of fused-ring (bicyclic) bond motifs is 1. The minimum Gasteiger partial charge on any atom is -0.392 e. The lowest BCUT2D eigenvalue weighted by Crippen LogP contribution is -2.21. The highest BCUT2D eigenvalue weighted by molar-refractivity contribution is 7.99. The van der Waals surface area contributed by atoms with E-state index >= 15 is 0 Å². The second kappa shape index (κ2) is 5.40. The SMILES string of the molecule is Cc1cccc(CC(O)C2CSc3ccccc32)c1. The maximum absolute atomic E-state index is 10.5. The van der Waals surface area contributed by atoms with Crippen molar-refractivity contribution in [1.82, 2.24) is 0 Å². The highest BCUT2D eigenvalue weighted by atomic mass is 32.2. The van der Waals surface area contributed by atoms with Gasteiger partial charge in [-0.25, -0.2) is 0 Å². The Morgan fingerprint density at radius 3 is 2.89 bits per heavy atom. The molecule has 1 aliphatic heterocycles. The van der Waals surface area contributed by atoms with E-state index in [4.69, 9.17) is 0 Å². The molecule has 0 fully saturated rings. The van der Waals surface area contributed by atoms with Gasteiger partial charge in [0.05, 0.1) is 6.10 Å². The third-order valence-corrected chi connectivity index (χ3v) is 4.94. The molecule has 0 bridgehead atoms. The van der Waals surface area contributed by atoms with Crippen LogP contribution in [0.3, 0.4) is 0 Å². The zero-order valence-corrected chi connectivity index (χ0v) is 11.9. The minimum absolute atomic E-state index is 0.265. The lowest BCUT2D eigenvalue weighted by atomic mass is 9.91. The molecule has 0 amide bonds. The van der Waals surface area contributed by atoms with E-state index in [0.29, 0.717) is 0 Å². The molecule has 0 aliphatic carbocycles. The average molecular weight is 270 g/mol. The Morgan fingerprint density at radius 1 is 1.21 bits per heavy atom. The number of aliphatic hydroxyl groups is 1. The fraction of sp³-hybridized carbons (Fsp3) is 0.294. The number of aliphatic hydroxyl groups excluding tert-OH is 1. The lowest BCUT2D eigenvalue weighted by Gasteiger charge is -2.18. The molecule has 2 heteroatoms. The molecular formula is C17H18OS. The highest BCUT2D eigenvalue weighted by Gasteiger charge is 2.28. The molecule has 2 atom stereocenters. The third kappa shape index (κ3) is 2.70. The molecule has 1 heterocycles. The normalized spacial score (nSPS) is 19.2. The maximum Gasteiger partial charge on any atom is 0.0657 e. The van der Waals surface area contributed by atoms with Crippen molar-refractivity contribution in [3.63, 3.8) is 0 Å². The van der Waals surface area contributed by atoms with Gasteiger partial charge in [-0.1, -0.05) is 48.0 Å². The van der Waals surface area contributed by atoms with Crippen LogP contribution in [0.5, 0.6) is 0 Å². The summed E-state index contributed by atoms with van der Waals surface area (Å²) in [5.41, 5.74) is 3.79. The molecule has 2 aromatic carbocycles. The second-order valence-corrected chi connectivity index (χ2v) is 6.28. The Kier molecular flexibility index (Phi) is 3.63. The molecule has 2 unspecified atom stereocenters. The van der Waals surface area contributed by atoms with Gasteiger partial charge >= 0.3 is 0 Å². The summed E-state index contributed by atoms with van der Waals surface area (Å²) >= 11 is 1.86. The molecular weight excluding hydrogens is 252 g/mol. The van der Waals surface area contributed by atoms with E-state index in [9.17, 15) is 5.11 Å². The fourth-order valence-electron chi connectivity index (χ4n) is 2.73. The molecule has 2 aromatic rings. The summed E-state index contributed by atoms with van der Waals surface area (Å²) in [6, 6.07) is 16.9. The van der Waals surface area contributed by atoms with Crippen LogP contribution in [0.4, 0.5) is 0 Å². The van der Waals surface area contributed by atoms with Gasteiger partial charge in [0.25, 0.3) is 0 Å². The molecule has 3 rings (SSSR count). The fourth-order valence-corrected chi connectivity index (χ4v) is 4.05. The molecule has 0 saturated carbocycles. The Hall–Kier alpha value is -1.25. The van der Waals surface area contributed by atoms with E-state index in [-0.39, 0.29) is 12.0 Å². The average Bonchev–Trinajstić information content (AvgIpc) is 2.82. The number of benzene rings is 2. The van der Waals surface area contributed by atoms with Crippen LogP contribution < -0.4 is 0 Å². The second-order valence-electron chi connectivity index (χ2n) is 5.22. The maximum atomic E-state index is 10.5. The van der Waals surface area contributed by atoms with Crippen molar-refractivity contribution in [2.24, 2.45) is 0 Å². The summed E-state index contributed by atoms with van der Waals surface area (Å²) in [7, 11) is 0. The summed E-state index contributed by atoms with van der Waals surface area (Å²) < 4.78 is 0. The summed E-state index contributed by atoms with van der Waals surface area (Å²) in [5, 5.41) is 10.5. The van der Waals surface area contributed by atoms with Crippen molar-refractivity contribution in [3.05, 3.63) is 65.2 Å². The van der Waals surface area contributed by atoms with E-state index < -0.39 is 0 Å². The molecule has 0 radical (unpaired) electrons. The van der Waals surface area contributed by atoms with Gasteiger partial charge in [0.2, 0.25) is 0 Å². The van der Waals surface area contributed by atoms with Gasteiger partial charge in [-0.15, -0.1) is 11.8 Å². The van der Waals surface area contributed by atoms with Gasteiger partial charge < -0.3 is 5.11 Å². The van der Waals surface area contributed by atoms with E-state index in [0.717, 1.165) is 12.2 Å². The predicted octanol–water partition coefficient (Wildman–Crippen LogP) is 3.79. The Balaban J connectivity index is 1.77. The Labute approximate surface area is 118 Å². The van der Waals surface area contributed by atoms with Crippen LogP contribution in [-0.4, -0.2) is 17.0 Å². The van der Waals surface area contributed by atoms with Crippen molar-refractivity contribution in [3.8, 4) is 0 Å². The van der Waals surface area contributed by atoms with Gasteiger partial charge in [0.15, 0.2) is 0 Å². The first kappa shape index (κ1) is 12.8. The minimum atomic E-state index is -0.294. The van der Waals surface area contributed by atoms with Crippen molar-refractivity contribution >= 4 is 11.8 Å². The first-order valence-corrected chi connectivity index (χ1v) is 7.68. The molecule has 0 saturated heterocycles. The third-order valence-electron chi connectivity index (χ3n) is 3.73. The van der Waals surface area contributed by atoms with Crippen molar-refractivity contribution < 1.29 is 5.11 Å². The monoisotopic (exact) mass is 270 g/mol. The van der Waals surface area contributed by atoms with Crippen LogP contribution >= 0.6 is 11.8 Å². The number of thioether (sulfide) groups is 1. The van der Waals surface area contributed by atoms with Gasteiger partial charge in [-0.2, -0.15) is 0 Å². The zero-order valence-electron chi connectivity index (χ0n) is 11.0. The summed E-state index contributed by atoms with van der Waals surface area (Å²) in [4.78, 5) is 1.33. The molecule has 1 aliphatic rings. The van der Waals surface area contributed by atoms with E-state index in [2.05, 4.69) is 55.5 Å². The largest absolute Gasteiger partial charge is 0.392 e. The molecule has 19 heavy (non-hydrogen) atoms. The van der Waals surface area contributed by atoms with Gasteiger partial charge in [0.1, 0.15) is 0 Å². The van der Waals surface area contributed by atoms with Crippen LogP contribution in [0.25, 0.3) is 0 Å². The first-order chi connectivity index (χ1) is 9.24. The Morgan fingerprint density at radius 2 is 2.05 bits per heavy atom. The molecule has 0 spiro atoms. The molecule has 98 valence electrons. The molecule has 0 aromatic heterocycles. The summed E-state index contributed by atoms with van der Waals surface area (Å²) in [6.07, 6.45) is 0.444. The number of aryl methyl sites for hydroxylation is 1. The van der Waals surface area contributed by atoms with Gasteiger partial charge in [-0.05, 0) is 30.5 Å². The lowest BCUT2D eigenvalue weighted by molar-refractivity contribution is 0.151. The van der Waals surface area contributed by atoms with Crippen LogP contribution in [0.2, 0.25) is 0 Å². The predicted molar refractivity (Wildman–Crippen MR) is 80.8 cm³/mol. The van der Waals surface area contributed by atoms with Gasteiger partial charge in [0, 0.05) is 16.6 Å². The Bertz CT molecular complexity index is 579. The number of hydrogen-bond acceptors (Lipinski definition) is 2. The quantitative estimate of drug-likeness (QED) is 0.915. The summed E-state index contributed by atoms with van der Waals surface area (Å²) in [6.45, 7) is 2.09. The van der Waals surface area contributed by atoms with Crippen molar-refractivity contribution in [2.45, 2.75) is 30.3 Å². The molecule has 1 N–H and O–H groups in total. The van der Waals surface area contributed by atoms with Crippen LogP contribution in [0, 0.1) is 6.92 Å².